The number of carbonyl (C=O) groups is 1. The molecule has 33 heavy (non-hydrogen) atoms. The van der Waals surface area contributed by atoms with E-state index in [2.05, 4.69) is 39.0 Å². The zero-order chi connectivity index (χ0) is 23.5. The van der Waals surface area contributed by atoms with Crippen LogP contribution in [0.5, 0.6) is 0 Å². The Balaban J connectivity index is 1.52. The lowest BCUT2D eigenvalue weighted by molar-refractivity contribution is -0.384. The number of anilines is 1. The number of imidazole rings is 1. The van der Waals surface area contributed by atoms with Gasteiger partial charge < -0.3 is 9.88 Å². The zero-order valence-corrected chi connectivity index (χ0v) is 18.5. The fourth-order valence-electron chi connectivity index (χ4n) is 3.61. The Kier molecular flexibility index (Phi) is 5.99. The fourth-order valence-corrected chi connectivity index (χ4v) is 3.61. The van der Waals surface area contributed by atoms with Gasteiger partial charge in [0.2, 0.25) is 0 Å². The van der Waals surface area contributed by atoms with Crippen molar-refractivity contribution in [2.24, 2.45) is 0 Å². The van der Waals surface area contributed by atoms with E-state index in [1.54, 1.807) is 31.3 Å². The minimum absolute atomic E-state index is 0.0660. The summed E-state index contributed by atoms with van der Waals surface area (Å²) in [4.78, 5) is 27.9. The van der Waals surface area contributed by atoms with Crippen LogP contribution in [0.15, 0.2) is 60.9 Å². The number of nitro groups is 1. The van der Waals surface area contributed by atoms with Crippen LogP contribution in [0.1, 0.15) is 47.3 Å². The molecule has 0 unspecified atom stereocenters. The lowest BCUT2D eigenvalue weighted by atomic mass is 10.1. The molecule has 2 heterocycles. The highest BCUT2D eigenvalue weighted by Crippen LogP contribution is 2.20. The Labute approximate surface area is 190 Å². The summed E-state index contributed by atoms with van der Waals surface area (Å²) >= 11 is 0. The molecule has 0 saturated heterocycles. The number of hydrogen-bond donors (Lipinski definition) is 1. The molecule has 0 atom stereocenters. The molecule has 0 aliphatic heterocycles. The van der Waals surface area contributed by atoms with Crippen molar-refractivity contribution < 1.29 is 9.72 Å². The third-order valence-corrected chi connectivity index (χ3v) is 5.20. The Morgan fingerprint density at radius 2 is 1.97 bits per heavy atom. The number of hydrogen-bond acceptors (Lipinski definition) is 6. The molecular formula is C23H23N7O3. The second kappa shape index (κ2) is 9.03. The highest BCUT2D eigenvalue weighted by atomic mass is 16.6. The first-order chi connectivity index (χ1) is 15.8. The minimum atomic E-state index is -0.482. The van der Waals surface area contributed by atoms with E-state index < -0.39 is 10.8 Å². The summed E-state index contributed by atoms with van der Waals surface area (Å²) in [6.45, 7) is 6.52. The first-order valence-corrected chi connectivity index (χ1v) is 10.4. The van der Waals surface area contributed by atoms with E-state index in [1.165, 1.54) is 16.8 Å². The highest BCUT2D eigenvalue weighted by Gasteiger charge is 2.19. The standard InChI is InChI=1S/C23H23N7O3/c1-15(2)22-24-10-11-28(22)14-17-6-4-7-18(12-17)25-23(31)21-16(3)29(27-26-21)19-8-5-9-20(13-19)30(32)33/h4-13,15H,14H2,1-3H3,(H,25,31). The van der Waals surface area contributed by atoms with Gasteiger partial charge in [0.25, 0.3) is 11.6 Å². The molecule has 0 bridgehead atoms. The largest absolute Gasteiger partial charge is 0.330 e. The van der Waals surface area contributed by atoms with Gasteiger partial charge in [-0.2, -0.15) is 0 Å². The van der Waals surface area contributed by atoms with Crippen LogP contribution in [0.3, 0.4) is 0 Å². The van der Waals surface area contributed by atoms with Crippen molar-refractivity contribution in [1.29, 1.82) is 0 Å². The Morgan fingerprint density at radius 1 is 1.18 bits per heavy atom. The normalized spacial score (nSPS) is 11.0. The summed E-state index contributed by atoms with van der Waals surface area (Å²) in [6.07, 6.45) is 3.73. The van der Waals surface area contributed by atoms with Crippen LogP contribution in [0.2, 0.25) is 0 Å². The monoisotopic (exact) mass is 445 g/mol. The molecule has 0 aliphatic carbocycles. The third kappa shape index (κ3) is 4.64. The van der Waals surface area contributed by atoms with Crippen LogP contribution in [-0.4, -0.2) is 35.4 Å². The Morgan fingerprint density at radius 3 is 2.73 bits per heavy atom. The van der Waals surface area contributed by atoms with Crippen LogP contribution in [0.25, 0.3) is 5.69 Å². The van der Waals surface area contributed by atoms with Crippen LogP contribution in [0, 0.1) is 17.0 Å². The van der Waals surface area contributed by atoms with Crippen LogP contribution in [0.4, 0.5) is 11.4 Å². The van der Waals surface area contributed by atoms with Gasteiger partial charge in [-0.3, -0.25) is 14.9 Å². The van der Waals surface area contributed by atoms with E-state index in [0.717, 1.165) is 11.4 Å². The van der Waals surface area contributed by atoms with Gasteiger partial charge in [-0.05, 0) is 30.7 Å². The molecule has 2 aromatic heterocycles. The van der Waals surface area contributed by atoms with E-state index in [9.17, 15) is 14.9 Å². The maximum atomic E-state index is 12.9. The number of nitrogens with one attached hydrogen (secondary N) is 1. The number of nitrogens with zero attached hydrogens (tertiary/aromatic N) is 6. The first-order valence-electron chi connectivity index (χ1n) is 10.4. The first kappa shape index (κ1) is 21.9. The third-order valence-electron chi connectivity index (χ3n) is 5.20. The van der Waals surface area contributed by atoms with Gasteiger partial charge in [0, 0.05) is 42.7 Å². The van der Waals surface area contributed by atoms with E-state index in [0.29, 0.717) is 29.5 Å². The van der Waals surface area contributed by atoms with Crippen molar-refractivity contribution in [2.45, 2.75) is 33.2 Å². The molecule has 0 fully saturated rings. The lowest BCUT2D eigenvalue weighted by Crippen LogP contribution is -2.14. The molecule has 0 saturated carbocycles. The second-order valence-electron chi connectivity index (χ2n) is 7.93. The number of carbonyl (C=O) groups excluding carboxylic acids is 1. The van der Waals surface area contributed by atoms with Crippen molar-refractivity contribution in [3.8, 4) is 5.69 Å². The lowest BCUT2D eigenvalue weighted by Gasteiger charge is -2.11. The zero-order valence-electron chi connectivity index (χ0n) is 18.5. The number of amides is 1. The number of non-ortho nitro benzene ring substituents is 1. The predicted molar refractivity (Wildman–Crippen MR) is 123 cm³/mol. The molecular weight excluding hydrogens is 422 g/mol. The van der Waals surface area contributed by atoms with Crippen molar-refractivity contribution in [1.82, 2.24) is 24.5 Å². The van der Waals surface area contributed by atoms with E-state index in [4.69, 9.17) is 0 Å². The molecule has 2 aromatic carbocycles. The molecule has 168 valence electrons. The van der Waals surface area contributed by atoms with E-state index >= 15 is 0 Å². The van der Waals surface area contributed by atoms with Gasteiger partial charge in [-0.15, -0.1) is 5.10 Å². The van der Waals surface area contributed by atoms with Gasteiger partial charge in [-0.25, -0.2) is 9.67 Å². The van der Waals surface area contributed by atoms with Crippen LogP contribution < -0.4 is 5.32 Å². The summed E-state index contributed by atoms with van der Waals surface area (Å²) in [5.74, 6) is 0.893. The molecule has 0 radical (unpaired) electrons. The van der Waals surface area contributed by atoms with Crippen molar-refractivity contribution >= 4 is 17.3 Å². The molecule has 4 rings (SSSR count). The summed E-state index contributed by atoms with van der Waals surface area (Å²) in [7, 11) is 0. The molecule has 10 nitrogen and oxygen atoms in total. The average Bonchev–Trinajstić information content (AvgIpc) is 3.40. The van der Waals surface area contributed by atoms with Crippen molar-refractivity contribution in [3.63, 3.8) is 0 Å². The average molecular weight is 445 g/mol. The number of nitro benzene ring substituents is 1. The van der Waals surface area contributed by atoms with Crippen LogP contribution >= 0.6 is 0 Å². The summed E-state index contributed by atoms with van der Waals surface area (Å²) in [5.41, 5.74) is 2.66. The molecule has 1 N–H and O–H groups in total. The molecule has 1 amide bonds. The van der Waals surface area contributed by atoms with E-state index in [1.807, 2.05) is 24.4 Å². The second-order valence-corrected chi connectivity index (χ2v) is 7.93. The predicted octanol–water partition coefficient (Wildman–Crippen LogP) is 4.10. The SMILES string of the molecule is Cc1c(C(=O)Nc2cccc(Cn3ccnc3C(C)C)c2)nnn1-c1cccc([N+](=O)[O-])c1. The van der Waals surface area contributed by atoms with Gasteiger partial charge in [0.05, 0.1) is 16.3 Å². The quantitative estimate of drug-likeness (QED) is 0.338. The van der Waals surface area contributed by atoms with Gasteiger partial charge in [0.15, 0.2) is 5.69 Å². The van der Waals surface area contributed by atoms with Crippen molar-refractivity contribution in [2.75, 3.05) is 5.32 Å². The fraction of sp³-hybridized carbons (Fsp3) is 0.217. The highest BCUT2D eigenvalue weighted by molar-refractivity contribution is 6.03. The topological polar surface area (TPSA) is 121 Å². The van der Waals surface area contributed by atoms with Gasteiger partial charge >= 0.3 is 0 Å². The molecule has 4 aromatic rings. The Bertz CT molecular complexity index is 1320. The van der Waals surface area contributed by atoms with Gasteiger partial charge in [-0.1, -0.05) is 37.3 Å². The summed E-state index contributed by atoms with van der Waals surface area (Å²) in [5, 5.41) is 21.9. The van der Waals surface area contributed by atoms with Crippen LogP contribution in [-0.2, 0) is 6.54 Å². The maximum Gasteiger partial charge on any atom is 0.278 e. The molecule has 0 aliphatic rings. The maximum absolute atomic E-state index is 12.9. The van der Waals surface area contributed by atoms with Crippen molar-refractivity contribution in [3.05, 3.63) is 93.8 Å². The molecule has 0 spiro atoms. The molecule has 10 heteroatoms. The number of aromatic nitrogens is 5. The van der Waals surface area contributed by atoms with E-state index in [-0.39, 0.29) is 11.4 Å². The van der Waals surface area contributed by atoms with Gasteiger partial charge in [0.1, 0.15) is 5.82 Å². The summed E-state index contributed by atoms with van der Waals surface area (Å²) < 4.78 is 3.49. The number of rotatable bonds is 7. The minimum Gasteiger partial charge on any atom is -0.330 e. The summed E-state index contributed by atoms with van der Waals surface area (Å²) in [6, 6.07) is 13.6. The number of benzene rings is 2. The smallest absolute Gasteiger partial charge is 0.278 e. The Hall–Kier alpha value is -4.34.